The van der Waals surface area contributed by atoms with E-state index in [1.54, 1.807) is 21.3 Å². The third-order valence-corrected chi connectivity index (χ3v) is 5.73. The molecule has 0 radical (unpaired) electrons. The molecule has 3 atom stereocenters. The number of likely N-dealkylation sites (tertiary alicyclic amines) is 1. The first kappa shape index (κ1) is 17.2. The fourth-order valence-electron chi connectivity index (χ4n) is 4.29. The summed E-state index contributed by atoms with van der Waals surface area (Å²) in [5.74, 6) is 0.904. The average molecular weight is 333 g/mol. The van der Waals surface area contributed by atoms with E-state index in [2.05, 4.69) is 0 Å². The molecule has 1 aliphatic carbocycles. The van der Waals surface area contributed by atoms with Crippen LogP contribution in [0.1, 0.15) is 31.2 Å². The molecule has 1 saturated heterocycles. The minimum absolute atomic E-state index is 0.100. The Bertz CT molecular complexity index is 590. The van der Waals surface area contributed by atoms with E-state index in [9.17, 15) is 4.79 Å². The van der Waals surface area contributed by atoms with Gasteiger partial charge in [-0.15, -0.1) is 0 Å². The van der Waals surface area contributed by atoms with Crippen LogP contribution in [0, 0.1) is 0 Å². The van der Waals surface area contributed by atoms with Crippen molar-refractivity contribution in [1.29, 1.82) is 0 Å². The van der Waals surface area contributed by atoms with Gasteiger partial charge in [-0.05, 0) is 31.7 Å². The van der Waals surface area contributed by atoms with Gasteiger partial charge in [-0.2, -0.15) is 0 Å². The minimum Gasteiger partial charge on any atom is -0.496 e. The van der Waals surface area contributed by atoms with Crippen LogP contribution in [0.4, 0.5) is 0 Å². The first-order valence-corrected chi connectivity index (χ1v) is 8.63. The number of hydrogen-bond acceptors (Lipinski definition) is 4. The molecule has 1 heterocycles. The van der Waals surface area contributed by atoms with Crippen LogP contribution in [0.25, 0.3) is 0 Å². The number of rotatable bonds is 5. The average Bonchev–Trinajstić information content (AvgIpc) is 3.01. The highest BCUT2D eigenvalue weighted by molar-refractivity contribution is 5.80. The van der Waals surface area contributed by atoms with Gasteiger partial charge < -0.3 is 19.1 Å². The van der Waals surface area contributed by atoms with Crippen LogP contribution in [0.15, 0.2) is 24.3 Å². The molecule has 1 aliphatic heterocycles. The number of benzene rings is 1. The van der Waals surface area contributed by atoms with Gasteiger partial charge in [0.15, 0.2) is 0 Å². The van der Waals surface area contributed by atoms with Crippen molar-refractivity contribution in [2.75, 3.05) is 27.9 Å². The predicted octanol–water partition coefficient (Wildman–Crippen LogP) is 2.42. The van der Waals surface area contributed by atoms with E-state index in [0.717, 1.165) is 43.5 Å². The van der Waals surface area contributed by atoms with E-state index in [1.165, 1.54) is 0 Å². The summed E-state index contributed by atoms with van der Waals surface area (Å²) in [6.07, 6.45) is 4.26. The number of ether oxygens (including phenoxy) is 3. The molecule has 1 amide bonds. The van der Waals surface area contributed by atoms with Gasteiger partial charge in [-0.1, -0.05) is 18.2 Å². The molecule has 3 rings (SSSR count). The summed E-state index contributed by atoms with van der Waals surface area (Å²) >= 11 is 0. The second-order valence-corrected chi connectivity index (χ2v) is 6.74. The SMILES string of the molecule is COc1ccccc1CC(=O)N1CC[C@]2(OC)CC[C@H](OC)C[C@H]12. The van der Waals surface area contributed by atoms with Gasteiger partial charge >= 0.3 is 0 Å². The van der Waals surface area contributed by atoms with Gasteiger partial charge in [0, 0.05) is 26.3 Å². The molecule has 5 heteroatoms. The molecule has 2 aliphatic rings. The standard InChI is InChI=1S/C19H27NO4/c1-22-15-8-9-19(24-3)10-11-20(17(19)13-15)18(21)12-14-6-4-5-7-16(14)23-2/h4-7,15,17H,8-13H2,1-3H3/t15-,17-,19+/m0/s1. The highest BCUT2D eigenvalue weighted by Crippen LogP contribution is 2.43. The van der Waals surface area contributed by atoms with Crippen molar-refractivity contribution < 1.29 is 19.0 Å². The van der Waals surface area contributed by atoms with Crippen LogP contribution in [-0.2, 0) is 20.7 Å². The zero-order chi connectivity index (χ0) is 17.2. The van der Waals surface area contributed by atoms with Gasteiger partial charge in [0.2, 0.25) is 5.91 Å². The Morgan fingerprint density at radius 1 is 1.25 bits per heavy atom. The lowest BCUT2D eigenvalue weighted by Crippen LogP contribution is -2.53. The molecule has 0 aromatic heterocycles. The lowest BCUT2D eigenvalue weighted by Gasteiger charge is -2.43. The summed E-state index contributed by atoms with van der Waals surface area (Å²) in [6.45, 7) is 0.753. The number of amides is 1. The Labute approximate surface area is 143 Å². The molecule has 1 aromatic carbocycles. The molecule has 132 valence electrons. The van der Waals surface area contributed by atoms with Crippen molar-refractivity contribution in [3.8, 4) is 5.75 Å². The largest absolute Gasteiger partial charge is 0.496 e. The van der Waals surface area contributed by atoms with Crippen LogP contribution < -0.4 is 4.74 Å². The van der Waals surface area contributed by atoms with Gasteiger partial charge in [0.25, 0.3) is 0 Å². The molecular weight excluding hydrogens is 306 g/mol. The van der Waals surface area contributed by atoms with E-state index in [4.69, 9.17) is 14.2 Å². The maximum atomic E-state index is 13.0. The van der Waals surface area contributed by atoms with Crippen molar-refractivity contribution in [3.05, 3.63) is 29.8 Å². The van der Waals surface area contributed by atoms with Crippen molar-refractivity contribution in [1.82, 2.24) is 4.90 Å². The summed E-state index contributed by atoms with van der Waals surface area (Å²) in [6, 6.07) is 7.81. The third kappa shape index (κ3) is 3.03. The number of methoxy groups -OCH3 is 3. The molecule has 1 saturated carbocycles. The minimum atomic E-state index is -0.203. The number of carbonyl (C=O) groups is 1. The molecule has 1 aromatic rings. The molecule has 5 nitrogen and oxygen atoms in total. The van der Waals surface area contributed by atoms with Crippen LogP contribution >= 0.6 is 0 Å². The number of nitrogens with zero attached hydrogens (tertiary/aromatic N) is 1. The Morgan fingerprint density at radius 2 is 2.04 bits per heavy atom. The highest BCUT2D eigenvalue weighted by Gasteiger charge is 2.52. The Balaban J connectivity index is 1.77. The van der Waals surface area contributed by atoms with Gasteiger partial charge in [0.05, 0.1) is 31.3 Å². The van der Waals surface area contributed by atoms with Gasteiger partial charge in [0.1, 0.15) is 5.75 Å². The summed E-state index contributed by atoms with van der Waals surface area (Å²) < 4.78 is 16.8. The molecule has 0 spiro atoms. The Hall–Kier alpha value is -1.59. The fourth-order valence-corrected chi connectivity index (χ4v) is 4.29. The summed E-state index contributed by atoms with van der Waals surface area (Å²) in [5.41, 5.74) is 0.727. The Kier molecular flexibility index (Phi) is 5.11. The summed E-state index contributed by atoms with van der Waals surface area (Å²) in [7, 11) is 5.16. The quantitative estimate of drug-likeness (QED) is 0.830. The topological polar surface area (TPSA) is 48.0 Å². The molecule has 2 fully saturated rings. The van der Waals surface area contributed by atoms with Crippen molar-refractivity contribution >= 4 is 5.91 Å². The van der Waals surface area contributed by atoms with E-state index in [1.807, 2.05) is 29.2 Å². The van der Waals surface area contributed by atoms with Crippen LogP contribution in [-0.4, -0.2) is 56.4 Å². The van der Waals surface area contributed by atoms with E-state index < -0.39 is 0 Å². The van der Waals surface area contributed by atoms with E-state index >= 15 is 0 Å². The molecule has 0 N–H and O–H groups in total. The van der Waals surface area contributed by atoms with Crippen molar-refractivity contribution in [3.63, 3.8) is 0 Å². The molecular formula is C19H27NO4. The van der Waals surface area contributed by atoms with Crippen LogP contribution in [0.5, 0.6) is 5.75 Å². The molecule has 0 unspecified atom stereocenters. The lowest BCUT2D eigenvalue weighted by atomic mass is 9.79. The predicted molar refractivity (Wildman–Crippen MR) is 91.2 cm³/mol. The third-order valence-electron chi connectivity index (χ3n) is 5.73. The second kappa shape index (κ2) is 7.11. The lowest BCUT2D eigenvalue weighted by molar-refractivity contribution is -0.140. The number of hydrogen-bond donors (Lipinski definition) is 0. The zero-order valence-corrected chi connectivity index (χ0v) is 14.8. The monoisotopic (exact) mass is 333 g/mol. The summed E-state index contributed by atoms with van der Waals surface area (Å²) in [4.78, 5) is 15.0. The second-order valence-electron chi connectivity index (χ2n) is 6.74. The first-order valence-electron chi connectivity index (χ1n) is 8.63. The summed E-state index contributed by atoms with van der Waals surface area (Å²) in [5, 5.41) is 0. The van der Waals surface area contributed by atoms with Crippen LogP contribution in [0.3, 0.4) is 0 Å². The maximum Gasteiger partial charge on any atom is 0.227 e. The number of carbonyl (C=O) groups excluding carboxylic acids is 1. The van der Waals surface area contributed by atoms with Crippen LogP contribution in [0.2, 0.25) is 0 Å². The highest BCUT2D eigenvalue weighted by atomic mass is 16.5. The fraction of sp³-hybridized carbons (Fsp3) is 0.632. The van der Waals surface area contributed by atoms with E-state index in [0.29, 0.717) is 6.42 Å². The Morgan fingerprint density at radius 3 is 2.75 bits per heavy atom. The van der Waals surface area contributed by atoms with Crippen molar-refractivity contribution in [2.45, 2.75) is 49.9 Å². The molecule has 0 bridgehead atoms. The molecule has 24 heavy (non-hydrogen) atoms. The van der Waals surface area contributed by atoms with Gasteiger partial charge in [-0.3, -0.25) is 4.79 Å². The number of fused-ring (bicyclic) bond motifs is 1. The first-order chi connectivity index (χ1) is 11.6. The number of para-hydroxylation sites is 1. The van der Waals surface area contributed by atoms with Crippen molar-refractivity contribution in [2.24, 2.45) is 0 Å². The van der Waals surface area contributed by atoms with Gasteiger partial charge in [-0.25, -0.2) is 0 Å². The maximum absolute atomic E-state index is 13.0. The normalized spacial score (nSPS) is 29.4. The van der Waals surface area contributed by atoms with E-state index in [-0.39, 0.29) is 23.7 Å². The smallest absolute Gasteiger partial charge is 0.227 e. The zero-order valence-electron chi connectivity index (χ0n) is 14.8.